The average molecular weight is 539 g/mol. The first-order chi connectivity index (χ1) is 17.2. The summed E-state index contributed by atoms with van der Waals surface area (Å²) in [5.41, 5.74) is 3.44. The first-order valence-electron chi connectivity index (χ1n) is 10.9. The lowest BCUT2D eigenvalue weighted by atomic mass is 10.0. The topological polar surface area (TPSA) is 71.4 Å². The highest BCUT2D eigenvalue weighted by atomic mass is 35.5. The summed E-state index contributed by atoms with van der Waals surface area (Å²) in [4.78, 5) is 39.6. The van der Waals surface area contributed by atoms with Crippen LogP contribution >= 0.6 is 34.8 Å². The van der Waals surface area contributed by atoms with Gasteiger partial charge in [0.2, 0.25) is 0 Å². The van der Waals surface area contributed by atoms with Crippen LogP contribution in [0, 0.1) is 6.92 Å². The van der Waals surface area contributed by atoms with E-state index in [0.29, 0.717) is 32.9 Å². The van der Waals surface area contributed by atoms with Crippen LogP contribution in [0.4, 0.5) is 10.5 Å². The summed E-state index contributed by atoms with van der Waals surface area (Å²) in [6, 6.07) is 18.4. The minimum absolute atomic E-state index is 0.153. The van der Waals surface area contributed by atoms with Crippen LogP contribution < -0.4 is 10.2 Å². The van der Waals surface area contributed by atoms with Crippen molar-refractivity contribution in [2.75, 3.05) is 4.90 Å². The van der Waals surface area contributed by atoms with E-state index in [1.807, 2.05) is 37.3 Å². The number of urea groups is 1. The maximum absolute atomic E-state index is 13.4. The fourth-order valence-corrected chi connectivity index (χ4v) is 4.88. The molecule has 1 fully saturated rings. The highest BCUT2D eigenvalue weighted by Gasteiger charge is 2.37. The van der Waals surface area contributed by atoms with Crippen molar-refractivity contribution in [2.45, 2.75) is 13.5 Å². The Morgan fingerprint density at radius 2 is 1.58 bits per heavy atom. The van der Waals surface area contributed by atoms with Crippen LogP contribution in [-0.2, 0) is 16.1 Å². The molecule has 0 saturated carbocycles. The molecular formula is C27H18Cl3N3O3. The van der Waals surface area contributed by atoms with Gasteiger partial charge in [-0.15, -0.1) is 0 Å². The van der Waals surface area contributed by atoms with Gasteiger partial charge in [0.1, 0.15) is 5.57 Å². The molecule has 2 heterocycles. The molecule has 0 spiro atoms. The first-order valence-corrected chi connectivity index (χ1v) is 12.1. The van der Waals surface area contributed by atoms with Gasteiger partial charge in [0, 0.05) is 43.8 Å². The third-order valence-corrected chi connectivity index (χ3v) is 6.94. The van der Waals surface area contributed by atoms with Crippen LogP contribution in [0.15, 0.2) is 72.3 Å². The molecule has 0 atom stereocenters. The SMILES string of the molecule is Cc1c(/C=C2\C(=O)NC(=O)N(c3ccc(Cl)cc3)C2=O)c2ccccc2n1Cc1ccc(Cl)cc1Cl. The van der Waals surface area contributed by atoms with Crippen LogP contribution in [-0.4, -0.2) is 22.4 Å². The van der Waals surface area contributed by atoms with Crippen molar-refractivity contribution in [2.24, 2.45) is 0 Å². The molecule has 0 aliphatic carbocycles. The molecule has 9 heteroatoms. The van der Waals surface area contributed by atoms with Crippen molar-refractivity contribution in [1.29, 1.82) is 0 Å². The lowest BCUT2D eigenvalue weighted by molar-refractivity contribution is -0.122. The standard InChI is InChI=1S/C27H18Cl3N3O3/c1-15-21(13-22-25(34)31-27(36)33(26(22)35)19-10-8-17(28)9-11-19)20-4-2-3-5-24(20)32(15)14-16-6-7-18(29)12-23(16)30/h2-13H,14H2,1H3,(H,31,34,36)/b22-13+. The van der Waals surface area contributed by atoms with Crippen LogP contribution in [0.3, 0.4) is 0 Å². The first kappa shape index (κ1) is 24.1. The Labute approximate surface area is 221 Å². The van der Waals surface area contributed by atoms with E-state index >= 15 is 0 Å². The van der Waals surface area contributed by atoms with Gasteiger partial charge < -0.3 is 4.57 Å². The molecule has 0 unspecified atom stereocenters. The molecule has 1 aromatic heterocycles. The van der Waals surface area contributed by atoms with E-state index in [0.717, 1.165) is 27.1 Å². The van der Waals surface area contributed by atoms with E-state index in [2.05, 4.69) is 9.88 Å². The van der Waals surface area contributed by atoms with Gasteiger partial charge in [-0.1, -0.05) is 59.1 Å². The summed E-state index contributed by atoms with van der Waals surface area (Å²) in [7, 11) is 0. The van der Waals surface area contributed by atoms with Crippen molar-refractivity contribution in [3.63, 3.8) is 0 Å². The van der Waals surface area contributed by atoms with Gasteiger partial charge in [0.05, 0.1) is 5.69 Å². The molecule has 1 aliphatic heterocycles. The summed E-state index contributed by atoms with van der Waals surface area (Å²) in [5, 5.41) is 4.65. The van der Waals surface area contributed by atoms with E-state index in [1.165, 1.54) is 6.08 Å². The smallest absolute Gasteiger partial charge is 0.335 e. The fourth-order valence-electron chi connectivity index (χ4n) is 4.29. The highest BCUT2D eigenvalue weighted by Crippen LogP contribution is 2.32. The third-order valence-electron chi connectivity index (χ3n) is 6.10. The normalized spacial score (nSPS) is 15.2. The molecule has 4 aromatic rings. The Morgan fingerprint density at radius 1 is 0.889 bits per heavy atom. The predicted octanol–water partition coefficient (Wildman–Crippen LogP) is 6.62. The largest absolute Gasteiger partial charge is 0.340 e. The number of carbonyl (C=O) groups is 3. The zero-order valence-corrected chi connectivity index (χ0v) is 21.2. The van der Waals surface area contributed by atoms with Gasteiger partial charge in [-0.05, 0) is 61.0 Å². The second kappa shape index (κ2) is 9.47. The number of carbonyl (C=O) groups excluding carboxylic acids is 3. The van der Waals surface area contributed by atoms with Crippen molar-refractivity contribution >= 4 is 75.3 Å². The average Bonchev–Trinajstić information content (AvgIpc) is 3.10. The number of fused-ring (bicyclic) bond motifs is 1. The van der Waals surface area contributed by atoms with Crippen molar-refractivity contribution in [3.05, 3.63) is 104 Å². The molecule has 6 nitrogen and oxygen atoms in total. The Morgan fingerprint density at radius 3 is 2.31 bits per heavy atom. The monoisotopic (exact) mass is 537 g/mol. The summed E-state index contributed by atoms with van der Waals surface area (Å²) in [6.07, 6.45) is 1.53. The van der Waals surface area contributed by atoms with Crippen molar-refractivity contribution in [1.82, 2.24) is 9.88 Å². The minimum atomic E-state index is -0.819. The maximum atomic E-state index is 13.4. The molecule has 1 aliphatic rings. The number of nitrogens with zero attached hydrogens (tertiary/aromatic N) is 2. The van der Waals surface area contributed by atoms with Crippen LogP contribution in [0.5, 0.6) is 0 Å². The number of rotatable bonds is 4. The molecule has 0 bridgehead atoms. The molecule has 180 valence electrons. The molecule has 0 radical (unpaired) electrons. The number of halogens is 3. The van der Waals surface area contributed by atoms with Gasteiger partial charge in [-0.3, -0.25) is 14.9 Å². The molecule has 36 heavy (non-hydrogen) atoms. The Bertz CT molecular complexity index is 1590. The Kier molecular flexibility index (Phi) is 6.35. The second-order valence-electron chi connectivity index (χ2n) is 8.27. The van der Waals surface area contributed by atoms with E-state index < -0.39 is 17.8 Å². The van der Waals surface area contributed by atoms with E-state index in [-0.39, 0.29) is 5.57 Å². The highest BCUT2D eigenvalue weighted by molar-refractivity contribution is 6.39. The summed E-state index contributed by atoms with van der Waals surface area (Å²) in [6.45, 7) is 2.37. The Hall–Kier alpha value is -3.58. The van der Waals surface area contributed by atoms with Crippen molar-refractivity contribution in [3.8, 4) is 0 Å². The van der Waals surface area contributed by atoms with E-state index in [1.54, 1.807) is 36.4 Å². The second-order valence-corrected chi connectivity index (χ2v) is 9.55. The van der Waals surface area contributed by atoms with Crippen LogP contribution in [0.25, 0.3) is 17.0 Å². The summed E-state index contributed by atoms with van der Waals surface area (Å²) < 4.78 is 2.06. The number of hydrogen-bond acceptors (Lipinski definition) is 3. The van der Waals surface area contributed by atoms with Gasteiger partial charge in [-0.2, -0.15) is 0 Å². The molecular weight excluding hydrogens is 521 g/mol. The van der Waals surface area contributed by atoms with E-state index in [4.69, 9.17) is 34.8 Å². The number of anilines is 1. The summed E-state index contributed by atoms with van der Waals surface area (Å²) >= 11 is 18.4. The number of hydrogen-bond donors (Lipinski definition) is 1. The number of barbiturate groups is 1. The third kappa shape index (κ3) is 4.28. The number of nitrogens with one attached hydrogen (secondary N) is 1. The number of benzene rings is 3. The van der Waals surface area contributed by atoms with Gasteiger partial charge in [0.25, 0.3) is 11.8 Å². The maximum Gasteiger partial charge on any atom is 0.335 e. The van der Waals surface area contributed by atoms with E-state index in [9.17, 15) is 14.4 Å². The molecule has 1 saturated heterocycles. The quantitative estimate of drug-likeness (QED) is 0.234. The van der Waals surface area contributed by atoms with Crippen LogP contribution in [0.1, 0.15) is 16.8 Å². The zero-order valence-electron chi connectivity index (χ0n) is 18.9. The minimum Gasteiger partial charge on any atom is -0.340 e. The van der Waals surface area contributed by atoms with Gasteiger partial charge in [0.15, 0.2) is 0 Å². The number of aromatic nitrogens is 1. The lowest BCUT2D eigenvalue weighted by Gasteiger charge is -2.26. The Balaban J connectivity index is 1.61. The van der Waals surface area contributed by atoms with Crippen LogP contribution in [0.2, 0.25) is 15.1 Å². The zero-order chi connectivity index (χ0) is 25.6. The molecule has 5 rings (SSSR count). The van der Waals surface area contributed by atoms with Gasteiger partial charge >= 0.3 is 6.03 Å². The van der Waals surface area contributed by atoms with Gasteiger partial charge in [-0.25, -0.2) is 9.69 Å². The lowest BCUT2D eigenvalue weighted by Crippen LogP contribution is -2.54. The molecule has 3 aromatic carbocycles. The number of amides is 4. The predicted molar refractivity (Wildman–Crippen MR) is 143 cm³/mol. The number of imide groups is 2. The van der Waals surface area contributed by atoms with Crippen molar-refractivity contribution < 1.29 is 14.4 Å². The molecule has 4 amide bonds. The summed E-state index contributed by atoms with van der Waals surface area (Å²) in [5.74, 6) is -1.48. The number of para-hydroxylation sites is 1. The fraction of sp³-hybridized carbons (Fsp3) is 0.0741. The molecule has 1 N–H and O–H groups in total.